The number of rotatable bonds is 6. The molecular weight excluding hydrogens is 420 g/mol. The van der Waals surface area contributed by atoms with Gasteiger partial charge in [0, 0.05) is 17.8 Å². The zero-order chi connectivity index (χ0) is 22.0. The lowest BCUT2D eigenvalue weighted by atomic mass is 10.2. The second-order valence-corrected chi connectivity index (χ2v) is 7.61. The highest BCUT2D eigenvalue weighted by Crippen LogP contribution is 2.19. The Balaban J connectivity index is 1.50. The number of anilines is 1. The quantitative estimate of drug-likeness (QED) is 0.205. The molecule has 2 heterocycles. The maximum atomic E-state index is 12.4. The fourth-order valence-electron chi connectivity index (χ4n) is 2.84. The standard InChI is InChI=1S/C20H16N6O4S/c1-12-2-6-14(7-3-12)25-18-16(10-21-25)19(28)24-20(23-18)31-11-17(27)22-13-4-8-15(9-5-13)26(29)30/h2-10H,11H2,1H3,(H,22,27)(H,23,24,28). The van der Waals surface area contributed by atoms with Crippen molar-refractivity contribution in [3.63, 3.8) is 0 Å². The molecule has 0 fully saturated rings. The fourth-order valence-corrected chi connectivity index (χ4v) is 3.49. The van der Waals surface area contributed by atoms with Gasteiger partial charge in [0.05, 0.1) is 22.6 Å². The fraction of sp³-hybridized carbons (Fsp3) is 0.100. The van der Waals surface area contributed by atoms with E-state index >= 15 is 0 Å². The number of nitrogens with zero attached hydrogens (tertiary/aromatic N) is 4. The van der Waals surface area contributed by atoms with E-state index in [1.807, 2.05) is 31.2 Å². The molecule has 0 unspecified atom stereocenters. The SMILES string of the molecule is Cc1ccc(-n2ncc3c(=O)[nH]c(SCC(=O)Nc4ccc([N+](=O)[O-])cc4)nc32)cc1. The molecule has 2 aromatic carbocycles. The van der Waals surface area contributed by atoms with Crippen molar-refractivity contribution < 1.29 is 9.72 Å². The van der Waals surface area contributed by atoms with E-state index in [1.54, 1.807) is 4.68 Å². The molecule has 0 aliphatic heterocycles. The lowest BCUT2D eigenvalue weighted by Gasteiger charge is -2.06. The second kappa shape index (κ2) is 8.40. The highest BCUT2D eigenvalue weighted by Gasteiger charge is 2.13. The van der Waals surface area contributed by atoms with Gasteiger partial charge in [0.2, 0.25) is 5.91 Å². The van der Waals surface area contributed by atoms with Crippen molar-refractivity contribution in [2.24, 2.45) is 0 Å². The molecule has 0 aliphatic rings. The number of nitro benzene ring substituents is 1. The van der Waals surface area contributed by atoms with Gasteiger partial charge in [-0.15, -0.1) is 0 Å². The van der Waals surface area contributed by atoms with Crippen LogP contribution < -0.4 is 10.9 Å². The van der Waals surface area contributed by atoms with Gasteiger partial charge in [-0.25, -0.2) is 9.67 Å². The van der Waals surface area contributed by atoms with Gasteiger partial charge in [0.15, 0.2) is 10.8 Å². The van der Waals surface area contributed by atoms with Crippen molar-refractivity contribution in [3.8, 4) is 5.69 Å². The van der Waals surface area contributed by atoms with Crippen LogP contribution in [0, 0.1) is 17.0 Å². The van der Waals surface area contributed by atoms with Gasteiger partial charge in [-0.1, -0.05) is 29.5 Å². The number of hydrogen-bond donors (Lipinski definition) is 2. The second-order valence-electron chi connectivity index (χ2n) is 6.64. The lowest BCUT2D eigenvalue weighted by Crippen LogP contribution is -2.15. The van der Waals surface area contributed by atoms with Crippen molar-refractivity contribution >= 4 is 40.1 Å². The molecule has 31 heavy (non-hydrogen) atoms. The van der Waals surface area contributed by atoms with Gasteiger partial charge in [-0.2, -0.15) is 5.10 Å². The summed E-state index contributed by atoms with van der Waals surface area (Å²) in [5.74, 6) is -0.349. The molecule has 4 aromatic rings. The summed E-state index contributed by atoms with van der Waals surface area (Å²) < 4.78 is 1.57. The van der Waals surface area contributed by atoms with Gasteiger partial charge >= 0.3 is 0 Å². The molecule has 156 valence electrons. The summed E-state index contributed by atoms with van der Waals surface area (Å²) in [7, 11) is 0. The summed E-state index contributed by atoms with van der Waals surface area (Å²) in [5.41, 5.74) is 2.29. The molecule has 0 aliphatic carbocycles. The van der Waals surface area contributed by atoms with E-state index in [2.05, 4.69) is 20.4 Å². The van der Waals surface area contributed by atoms with Gasteiger partial charge in [-0.3, -0.25) is 19.7 Å². The first kappa shape index (κ1) is 20.3. The summed E-state index contributed by atoms with van der Waals surface area (Å²) in [6.45, 7) is 1.98. The Hall–Kier alpha value is -3.99. The highest BCUT2D eigenvalue weighted by atomic mass is 32.2. The largest absolute Gasteiger partial charge is 0.325 e. The normalized spacial score (nSPS) is 10.9. The first-order valence-corrected chi connectivity index (χ1v) is 10.1. The summed E-state index contributed by atoms with van der Waals surface area (Å²) in [4.78, 5) is 41.9. The molecule has 1 amide bonds. The maximum Gasteiger partial charge on any atom is 0.269 e. The molecule has 0 saturated carbocycles. The third kappa shape index (κ3) is 4.46. The van der Waals surface area contributed by atoms with Gasteiger partial charge in [-0.05, 0) is 31.2 Å². The molecule has 4 rings (SSSR count). The predicted molar refractivity (Wildman–Crippen MR) is 117 cm³/mol. The number of H-pyrrole nitrogens is 1. The van der Waals surface area contributed by atoms with Crippen LogP contribution in [0.3, 0.4) is 0 Å². The lowest BCUT2D eigenvalue weighted by molar-refractivity contribution is -0.384. The van der Waals surface area contributed by atoms with E-state index in [0.29, 0.717) is 16.7 Å². The number of hydrogen-bond acceptors (Lipinski definition) is 7. The Morgan fingerprint density at radius 2 is 1.90 bits per heavy atom. The number of nitro groups is 1. The predicted octanol–water partition coefficient (Wildman–Crippen LogP) is 3.06. The van der Waals surface area contributed by atoms with Crippen LogP contribution in [-0.4, -0.2) is 36.3 Å². The Morgan fingerprint density at radius 1 is 1.19 bits per heavy atom. The highest BCUT2D eigenvalue weighted by molar-refractivity contribution is 7.99. The Morgan fingerprint density at radius 3 is 2.58 bits per heavy atom. The number of aromatic amines is 1. The maximum absolute atomic E-state index is 12.4. The smallest absolute Gasteiger partial charge is 0.269 e. The topological polar surface area (TPSA) is 136 Å². The van der Waals surface area contributed by atoms with Crippen LogP contribution >= 0.6 is 11.8 Å². The number of fused-ring (bicyclic) bond motifs is 1. The average Bonchev–Trinajstić information content (AvgIpc) is 3.18. The minimum absolute atomic E-state index is 0.00982. The van der Waals surface area contributed by atoms with Crippen molar-refractivity contribution in [1.82, 2.24) is 19.7 Å². The number of thioether (sulfide) groups is 1. The molecule has 11 heteroatoms. The Kier molecular flexibility index (Phi) is 5.50. The minimum Gasteiger partial charge on any atom is -0.325 e. The van der Waals surface area contributed by atoms with Gasteiger partial charge < -0.3 is 10.3 Å². The van der Waals surface area contributed by atoms with E-state index in [-0.39, 0.29) is 28.1 Å². The molecule has 2 N–H and O–H groups in total. The average molecular weight is 436 g/mol. The summed E-state index contributed by atoms with van der Waals surface area (Å²) >= 11 is 1.07. The summed E-state index contributed by atoms with van der Waals surface area (Å²) in [6, 6.07) is 13.2. The number of benzene rings is 2. The van der Waals surface area contributed by atoms with Crippen LogP contribution in [-0.2, 0) is 4.79 Å². The van der Waals surface area contributed by atoms with Crippen LogP contribution in [0.15, 0.2) is 64.7 Å². The van der Waals surface area contributed by atoms with Crippen LogP contribution in [0.5, 0.6) is 0 Å². The molecule has 0 saturated heterocycles. The van der Waals surface area contributed by atoms with Gasteiger partial charge in [0.25, 0.3) is 11.2 Å². The van der Waals surface area contributed by atoms with E-state index < -0.39 is 4.92 Å². The van der Waals surface area contributed by atoms with E-state index in [4.69, 9.17) is 0 Å². The number of carbonyl (C=O) groups is 1. The molecule has 0 bridgehead atoms. The zero-order valence-electron chi connectivity index (χ0n) is 16.2. The Bertz CT molecular complexity index is 1330. The van der Waals surface area contributed by atoms with Crippen LogP contribution in [0.25, 0.3) is 16.7 Å². The number of carbonyl (C=O) groups excluding carboxylic acids is 1. The number of aryl methyl sites for hydroxylation is 1. The van der Waals surface area contributed by atoms with E-state index in [1.165, 1.54) is 30.5 Å². The summed E-state index contributed by atoms with van der Waals surface area (Å²) in [5, 5.41) is 18.2. The van der Waals surface area contributed by atoms with E-state index in [9.17, 15) is 19.7 Å². The minimum atomic E-state index is -0.513. The summed E-state index contributed by atoms with van der Waals surface area (Å²) in [6.07, 6.45) is 1.46. The van der Waals surface area contributed by atoms with Crippen LogP contribution in [0.4, 0.5) is 11.4 Å². The molecule has 0 radical (unpaired) electrons. The first-order valence-electron chi connectivity index (χ1n) is 9.13. The van der Waals surface area contributed by atoms with Crippen molar-refractivity contribution in [3.05, 3.63) is 80.8 Å². The Labute approximate surface area is 179 Å². The molecule has 10 nitrogen and oxygen atoms in total. The van der Waals surface area contributed by atoms with Gasteiger partial charge in [0.1, 0.15) is 5.39 Å². The number of aromatic nitrogens is 4. The van der Waals surface area contributed by atoms with E-state index in [0.717, 1.165) is 23.0 Å². The van der Waals surface area contributed by atoms with Crippen molar-refractivity contribution in [1.29, 1.82) is 0 Å². The molecule has 2 aromatic heterocycles. The monoisotopic (exact) mass is 436 g/mol. The third-order valence-electron chi connectivity index (χ3n) is 4.40. The van der Waals surface area contributed by atoms with Crippen molar-refractivity contribution in [2.45, 2.75) is 12.1 Å². The number of amides is 1. The molecule has 0 spiro atoms. The molecule has 0 atom stereocenters. The van der Waals surface area contributed by atoms with Crippen LogP contribution in [0.1, 0.15) is 5.56 Å². The van der Waals surface area contributed by atoms with Crippen molar-refractivity contribution in [2.75, 3.05) is 11.1 Å². The first-order chi connectivity index (χ1) is 14.9. The third-order valence-corrected chi connectivity index (χ3v) is 5.27. The number of nitrogens with one attached hydrogen (secondary N) is 2. The van der Waals surface area contributed by atoms with Crippen LogP contribution in [0.2, 0.25) is 0 Å². The number of non-ortho nitro benzene ring substituents is 1. The zero-order valence-corrected chi connectivity index (χ0v) is 17.0. The molecular formula is C20H16N6O4S.